The van der Waals surface area contributed by atoms with Crippen LogP contribution in [0.2, 0.25) is 0 Å². The highest BCUT2D eigenvalue weighted by molar-refractivity contribution is 5.85. The molecule has 0 radical (unpaired) electrons. The molecule has 0 saturated carbocycles. The van der Waals surface area contributed by atoms with Crippen molar-refractivity contribution in [2.45, 2.75) is 20.8 Å². The number of carboxylic acid groups (broad SMARTS) is 1. The average molecular weight is 271 g/mol. The van der Waals surface area contributed by atoms with Crippen LogP contribution < -0.4 is 15.3 Å². The Balaban J connectivity index is 2.41. The molecule has 0 aliphatic carbocycles. The molecule has 1 aliphatic rings. The van der Waals surface area contributed by atoms with Crippen molar-refractivity contribution in [3.05, 3.63) is 0 Å². The number of carbonyl (C=O) groups is 2. The van der Waals surface area contributed by atoms with Crippen LogP contribution in [0.4, 0.5) is 0 Å². The van der Waals surface area contributed by atoms with Crippen molar-refractivity contribution >= 4 is 11.9 Å². The molecule has 1 rings (SSSR count). The number of carboxylic acids is 1. The van der Waals surface area contributed by atoms with E-state index in [0.717, 1.165) is 32.7 Å². The van der Waals surface area contributed by atoms with Crippen LogP contribution in [0.1, 0.15) is 20.8 Å². The van der Waals surface area contributed by atoms with Crippen LogP contribution in [-0.4, -0.2) is 62.6 Å². The second-order valence-corrected chi connectivity index (χ2v) is 5.82. The van der Waals surface area contributed by atoms with Gasteiger partial charge < -0.3 is 20.1 Å². The molecule has 6 heteroatoms. The number of hydrogen-bond acceptors (Lipinski definition) is 4. The SMILES string of the molecule is CC[NH+]1CCN(CC(C)(C)C(=O)NCC(=O)[O-])CC1. The van der Waals surface area contributed by atoms with Gasteiger partial charge >= 0.3 is 0 Å². The highest BCUT2D eigenvalue weighted by atomic mass is 16.4. The third kappa shape index (κ3) is 5.16. The summed E-state index contributed by atoms with van der Waals surface area (Å²) >= 11 is 0. The normalized spacial score (nSPS) is 18.3. The van der Waals surface area contributed by atoms with E-state index in [1.54, 1.807) is 4.90 Å². The van der Waals surface area contributed by atoms with E-state index in [2.05, 4.69) is 17.1 Å². The van der Waals surface area contributed by atoms with E-state index < -0.39 is 17.9 Å². The fourth-order valence-electron chi connectivity index (χ4n) is 2.40. The second-order valence-electron chi connectivity index (χ2n) is 5.82. The maximum atomic E-state index is 11.9. The zero-order chi connectivity index (χ0) is 14.5. The van der Waals surface area contributed by atoms with E-state index in [1.165, 1.54) is 0 Å². The van der Waals surface area contributed by atoms with Gasteiger partial charge in [-0.25, -0.2) is 0 Å². The first-order chi connectivity index (χ1) is 8.85. The van der Waals surface area contributed by atoms with E-state index in [-0.39, 0.29) is 5.91 Å². The van der Waals surface area contributed by atoms with Crippen LogP contribution in [0.25, 0.3) is 0 Å². The molecule has 110 valence electrons. The number of piperazine rings is 1. The van der Waals surface area contributed by atoms with E-state index >= 15 is 0 Å². The van der Waals surface area contributed by atoms with Gasteiger partial charge in [0.25, 0.3) is 0 Å². The standard InChI is InChI=1S/C13H25N3O3/c1-4-15-5-7-16(8-6-15)10-13(2,3)12(19)14-9-11(17)18/h4-10H2,1-3H3,(H,14,19)(H,17,18). The number of rotatable bonds is 6. The lowest BCUT2D eigenvalue weighted by Gasteiger charge is -2.36. The van der Waals surface area contributed by atoms with Crippen LogP contribution in [0.15, 0.2) is 0 Å². The van der Waals surface area contributed by atoms with E-state index in [1.807, 2.05) is 13.8 Å². The lowest BCUT2D eigenvalue weighted by atomic mass is 9.91. The molecule has 1 saturated heterocycles. The van der Waals surface area contributed by atoms with Crippen LogP contribution in [0.5, 0.6) is 0 Å². The summed E-state index contributed by atoms with van der Waals surface area (Å²) in [6.07, 6.45) is 0. The molecule has 1 fully saturated rings. The van der Waals surface area contributed by atoms with Gasteiger partial charge in [-0.15, -0.1) is 0 Å². The van der Waals surface area contributed by atoms with Gasteiger partial charge in [0.05, 0.1) is 37.6 Å². The number of aliphatic carboxylic acids is 1. The summed E-state index contributed by atoms with van der Waals surface area (Å²) in [5, 5.41) is 12.7. The molecule has 6 nitrogen and oxygen atoms in total. The van der Waals surface area contributed by atoms with Crippen LogP contribution >= 0.6 is 0 Å². The molecule has 0 atom stereocenters. The van der Waals surface area contributed by atoms with Crippen molar-refractivity contribution in [3.8, 4) is 0 Å². The van der Waals surface area contributed by atoms with Gasteiger partial charge in [-0.05, 0) is 20.8 Å². The fourth-order valence-corrected chi connectivity index (χ4v) is 2.40. The molecule has 1 aliphatic heterocycles. The van der Waals surface area contributed by atoms with E-state index in [0.29, 0.717) is 6.54 Å². The first-order valence-corrected chi connectivity index (χ1v) is 6.89. The minimum atomic E-state index is -1.26. The number of nitrogens with zero attached hydrogens (tertiary/aromatic N) is 1. The van der Waals surface area contributed by atoms with Crippen molar-refractivity contribution in [1.29, 1.82) is 0 Å². The number of carbonyl (C=O) groups excluding carboxylic acids is 2. The Morgan fingerprint density at radius 2 is 1.89 bits per heavy atom. The highest BCUT2D eigenvalue weighted by Crippen LogP contribution is 2.17. The molecule has 0 aromatic rings. The van der Waals surface area contributed by atoms with Crippen molar-refractivity contribution in [2.75, 3.05) is 45.8 Å². The Kier molecular flexibility index (Phi) is 5.75. The predicted molar refractivity (Wildman–Crippen MR) is 69.5 cm³/mol. The molecule has 1 heterocycles. The van der Waals surface area contributed by atoms with Gasteiger partial charge in [0, 0.05) is 19.6 Å². The monoisotopic (exact) mass is 271 g/mol. The highest BCUT2D eigenvalue weighted by Gasteiger charge is 2.31. The Morgan fingerprint density at radius 3 is 2.37 bits per heavy atom. The Bertz CT molecular complexity index is 323. The molecule has 1 amide bonds. The Labute approximate surface area is 114 Å². The molecule has 0 unspecified atom stereocenters. The number of likely N-dealkylation sites (N-methyl/N-ethyl adjacent to an activating group) is 1. The fraction of sp³-hybridized carbons (Fsp3) is 0.846. The lowest BCUT2D eigenvalue weighted by molar-refractivity contribution is -0.902. The first-order valence-electron chi connectivity index (χ1n) is 6.89. The smallest absolute Gasteiger partial charge is 0.227 e. The number of hydrogen-bond donors (Lipinski definition) is 2. The summed E-state index contributed by atoms with van der Waals surface area (Å²) in [7, 11) is 0. The maximum absolute atomic E-state index is 11.9. The first kappa shape index (κ1) is 15.9. The minimum absolute atomic E-state index is 0.234. The number of amides is 1. The van der Waals surface area contributed by atoms with Gasteiger partial charge in [-0.1, -0.05) is 0 Å². The predicted octanol–water partition coefficient (Wildman–Crippen LogP) is -2.90. The van der Waals surface area contributed by atoms with Gasteiger partial charge in [-0.3, -0.25) is 9.69 Å². The summed E-state index contributed by atoms with van der Waals surface area (Å²) in [6, 6.07) is 0. The molecule has 2 N–H and O–H groups in total. The van der Waals surface area contributed by atoms with Gasteiger partial charge in [0.15, 0.2) is 0 Å². The maximum Gasteiger partial charge on any atom is 0.227 e. The molecule has 0 aromatic carbocycles. The van der Waals surface area contributed by atoms with E-state index in [4.69, 9.17) is 0 Å². The van der Waals surface area contributed by atoms with Crippen molar-refractivity contribution in [1.82, 2.24) is 10.2 Å². The largest absolute Gasteiger partial charge is 0.548 e. The molecule has 19 heavy (non-hydrogen) atoms. The lowest BCUT2D eigenvalue weighted by Crippen LogP contribution is -3.14. The van der Waals surface area contributed by atoms with Crippen LogP contribution in [0.3, 0.4) is 0 Å². The second kappa shape index (κ2) is 6.86. The minimum Gasteiger partial charge on any atom is -0.548 e. The van der Waals surface area contributed by atoms with Crippen LogP contribution in [0, 0.1) is 5.41 Å². The van der Waals surface area contributed by atoms with Crippen molar-refractivity contribution in [3.63, 3.8) is 0 Å². The van der Waals surface area contributed by atoms with Crippen molar-refractivity contribution in [2.24, 2.45) is 5.41 Å². The molecular weight excluding hydrogens is 246 g/mol. The third-order valence-corrected chi connectivity index (χ3v) is 3.69. The van der Waals surface area contributed by atoms with Gasteiger partial charge in [-0.2, -0.15) is 0 Å². The zero-order valence-corrected chi connectivity index (χ0v) is 12.1. The molecular formula is C13H25N3O3. The summed E-state index contributed by atoms with van der Waals surface area (Å²) in [6.45, 7) is 11.4. The molecule has 0 spiro atoms. The topological polar surface area (TPSA) is 76.9 Å². The number of quaternary nitrogens is 1. The Hall–Kier alpha value is -1.14. The number of nitrogens with one attached hydrogen (secondary N) is 2. The summed E-state index contributed by atoms with van der Waals surface area (Å²) in [5.74, 6) is -1.49. The Morgan fingerprint density at radius 1 is 1.32 bits per heavy atom. The summed E-state index contributed by atoms with van der Waals surface area (Å²) in [4.78, 5) is 26.1. The van der Waals surface area contributed by atoms with Gasteiger partial charge in [0.1, 0.15) is 0 Å². The zero-order valence-electron chi connectivity index (χ0n) is 12.1. The van der Waals surface area contributed by atoms with Gasteiger partial charge in [0.2, 0.25) is 5.91 Å². The van der Waals surface area contributed by atoms with Crippen molar-refractivity contribution < 1.29 is 19.6 Å². The average Bonchev–Trinajstić information content (AvgIpc) is 2.36. The molecule has 0 aromatic heterocycles. The van der Waals surface area contributed by atoms with Crippen LogP contribution in [-0.2, 0) is 9.59 Å². The third-order valence-electron chi connectivity index (χ3n) is 3.69. The van der Waals surface area contributed by atoms with E-state index in [9.17, 15) is 14.7 Å². The summed E-state index contributed by atoms with van der Waals surface area (Å²) < 4.78 is 0. The molecule has 0 bridgehead atoms. The summed E-state index contributed by atoms with van der Waals surface area (Å²) in [5.41, 5.74) is -0.584. The quantitative estimate of drug-likeness (QED) is 0.543.